The van der Waals surface area contributed by atoms with Crippen LogP contribution in [-0.2, 0) is 21.2 Å². The third kappa shape index (κ3) is 4.52. The molecule has 0 fully saturated rings. The number of halogens is 1. The second kappa shape index (κ2) is 7.10. The summed E-state index contributed by atoms with van der Waals surface area (Å²) < 4.78 is 32.6. The van der Waals surface area contributed by atoms with E-state index in [1.165, 1.54) is 19.4 Å². The van der Waals surface area contributed by atoms with Crippen LogP contribution in [0.25, 0.3) is 0 Å². The van der Waals surface area contributed by atoms with E-state index in [9.17, 15) is 13.2 Å². The van der Waals surface area contributed by atoms with Crippen LogP contribution in [0.2, 0.25) is 0 Å². The summed E-state index contributed by atoms with van der Waals surface area (Å²) in [5.41, 5.74) is 1.35. The fourth-order valence-electron chi connectivity index (χ4n) is 1.90. The van der Waals surface area contributed by atoms with Crippen molar-refractivity contribution >= 4 is 31.9 Å². The van der Waals surface area contributed by atoms with E-state index >= 15 is 0 Å². The molecular weight excluding hydrogens is 384 g/mol. The highest BCUT2D eigenvalue weighted by molar-refractivity contribution is 9.10. The Balaban J connectivity index is 2.19. The van der Waals surface area contributed by atoms with Gasteiger partial charge in [0.05, 0.1) is 13.5 Å². The van der Waals surface area contributed by atoms with Crippen molar-refractivity contribution < 1.29 is 17.9 Å². The standard InChI is InChI=1S/C15H15BrN2O4S/c1-10-7-13(15(22-2)17-9-10)23(20,21)18-14(19)8-11-3-5-12(16)6-4-11/h3-7,9H,8H2,1-2H3,(H,18,19). The highest BCUT2D eigenvalue weighted by Crippen LogP contribution is 2.21. The molecule has 0 aliphatic carbocycles. The highest BCUT2D eigenvalue weighted by atomic mass is 79.9. The minimum atomic E-state index is -4.05. The largest absolute Gasteiger partial charge is 0.480 e. The molecule has 1 aromatic carbocycles. The molecule has 0 atom stereocenters. The molecule has 2 aromatic rings. The molecule has 8 heteroatoms. The van der Waals surface area contributed by atoms with Crippen LogP contribution >= 0.6 is 15.9 Å². The Morgan fingerprint density at radius 3 is 2.57 bits per heavy atom. The summed E-state index contributed by atoms with van der Waals surface area (Å²) in [6.45, 7) is 1.70. The molecule has 1 N–H and O–H groups in total. The average Bonchev–Trinajstić information content (AvgIpc) is 2.49. The van der Waals surface area contributed by atoms with E-state index < -0.39 is 15.9 Å². The molecule has 0 saturated carbocycles. The Morgan fingerprint density at radius 2 is 1.96 bits per heavy atom. The van der Waals surface area contributed by atoms with Crippen LogP contribution < -0.4 is 9.46 Å². The Bertz CT molecular complexity index is 820. The van der Waals surface area contributed by atoms with Gasteiger partial charge in [-0.25, -0.2) is 18.1 Å². The number of carbonyl (C=O) groups excluding carboxylic acids is 1. The van der Waals surface area contributed by atoms with E-state index in [1.807, 2.05) is 4.72 Å². The number of sulfonamides is 1. The van der Waals surface area contributed by atoms with Crippen molar-refractivity contribution in [1.29, 1.82) is 0 Å². The first-order valence-corrected chi connectivity index (χ1v) is 8.90. The van der Waals surface area contributed by atoms with E-state index in [0.717, 1.165) is 4.47 Å². The van der Waals surface area contributed by atoms with Gasteiger partial charge in [-0.2, -0.15) is 0 Å². The van der Waals surface area contributed by atoms with Crippen LogP contribution in [0.15, 0.2) is 45.9 Å². The first kappa shape index (κ1) is 17.4. The quantitative estimate of drug-likeness (QED) is 0.834. The summed E-state index contributed by atoms with van der Waals surface area (Å²) in [6, 6.07) is 8.45. The van der Waals surface area contributed by atoms with Crippen molar-refractivity contribution in [3.05, 3.63) is 52.1 Å². The zero-order chi connectivity index (χ0) is 17.0. The molecule has 1 heterocycles. The lowest BCUT2D eigenvalue weighted by Gasteiger charge is -2.10. The number of nitrogens with zero attached hydrogens (tertiary/aromatic N) is 1. The number of ether oxygens (including phenoxy) is 1. The van der Waals surface area contributed by atoms with Crippen molar-refractivity contribution in [3.63, 3.8) is 0 Å². The van der Waals surface area contributed by atoms with Crippen LogP contribution in [0.5, 0.6) is 5.88 Å². The van der Waals surface area contributed by atoms with E-state index in [0.29, 0.717) is 11.1 Å². The topological polar surface area (TPSA) is 85.4 Å². The van der Waals surface area contributed by atoms with Crippen molar-refractivity contribution in [2.45, 2.75) is 18.2 Å². The molecule has 0 aliphatic heterocycles. The van der Waals surface area contributed by atoms with Crippen LogP contribution in [0, 0.1) is 6.92 Å². The van der Waals surface area contributed by atoms with E-state index in [-0.39, 0.29) is 17.2 Å². The zero-order valence-corrected chi connectivity index (χ0v) is 14.9. The van der Waals surface area contributed by atoms with Crippen LogP contribution in [-0.4, -0.2) is 26.4 Å². The maximum absolute atomic E-state index is 12.4. The smallest absolute Gasteiger partial charge is 0.269 e. The van der Waals surface area contributed by atoms with Gasteiger partial charge in [-0.15, -0.1) is 0 Å². The van der Waals surface area contributed by atoms with Gasteiger partial charge in [-0.3, -0.25) is 4.79 Å². The van der Waals surface area contributed by atoms with Crippen LogP contribution in [0.3, 0.4) is 0 Å². The number of nitrogens with one attached hydrogen (secondary N) is 1. The first-order chi connectivity index (χ1) is 10.8. The van der Waals surface area contributed by atoms with E-state index in [2.05, 4.69) is 20.9 Å². The summed E-state index contributed by atoms with van der Waals surface area (Å²) in [7, 11) is -2.73. The minimum absolute atomic E-state index is 0.0475. The van der Waals surface area contributed by atoms with E-state index in [4.69, 9.17) is 4.74 Å². The fourth-order valence-corrected chi connectivity index (χ4v) is 3.36. The second-order valence-corrected chi connectivity index (χ2v) is 7.42. The van der Waals surface area contributed by atoms with Crippen LogP contribution in [0.4, 0.5) is 0 Å². The van der Waals surface area contributed by atoms with Gasteiger partial charge in [0.1, 0.15) is 4.90 Å². The molecule has 0 radical (unpaired) electrons. The summed E-state index contributed by atoms with van der Waals surface area (Å²) in [5, 5.41) is 0. The lowest BCUT2D eigenvalue weighted by molar-refractivity contribution is -0.118. The summed E-state index contributed by atoms with van der Waals surface area (Å²) in [4.78, 5) is 15.8. The molecule has 1 aromatic heterocycles. The Labute approximate surface area is 143 Å². The van der Waals surface area contributed by atoms with Crippen LogP contribution in [0.1, 0.15) is 11.1 Å². The number of amides is 1. The van der Waals surface area contributed by atoms with Crippen molar-refractivity contribution in [2.75, 3.05) is 7.11 Å². The highest BCUT2D eigenvalue weighted by Gasteiger charge is 2.23. The molecule has 2 rings (SSSR count). The molecule has 0 spiro atoms. The number of hydrogen-bond acceptors (Lipinski definition) is 5. The van der Waals surface area contributed by atoms with Gasteiger partial charge in [0.25, 0.3) is 10.0 Å². The molecular formula is C15H15BrN2O4S. The number of aryl methyl sites for hydroxylation is 1. The SMILES string of the molecule is COc1ncc(C)cc1S(=O)(=O)NC(=O)Cc1ccc(Br)cc1. The summed E-state index contributed by atoms with van der Waals surface area (Å²) >= 11 is 3.30. The van der Waals surface area contributed by atoms with Gasteiger partial charge in [0.2, 0.25) is 11.8 Å². The van der Waals surface area contributed by atoms with Crippen molar-refractivity contribution in [1.82, 2.24) is 9.71 Å². The van der Waals surface area contributed by atoms with Gasteiger partial charge in [0.15, 0.2) is 0 Å². The average molecular weight is 399 g/mol. The van der Waals surface area contributed by atoms with E-state index in [1.54, 1.807) is 31.2 Å². The molecule has 0 aliphatic rings. The zero-order valence-electron chi connectivity index (χ0n) is 12.5. The van der Waals surface area contributed by atoms with Gasteiger partial charge >= 0.3 is 0 Å². The molecule has 0 unspecified atom stereocenters. The van der Waals surface area contributed by atoms with Gasteiger partial charge < -0.3 is 4.74 Å². The van der Waals surface area contributed by atoms with Crippen molar-refractivity contribution in [2.24, 2.45) is 0 Å². The monoisotopic (exact) mass is 398 g/mol. The number of benzene rings is 1. The predicted molar refractivity (Wildman–Crippen MR) is 88.7 cm³/mol. The molecule has 122 valence electrons. The number of aromatic nitrogens is 1. The molecule has 0 bridgehead atoms. The lowest BCUT2D eigenvalue weighted by atomic mass is 10.1. The second-order valence-electron chi connectivity index (χ2n) is 4.85. The normalized spacial score (nSPS) is 11.1. The van der Waals surface area contributed by atoms with Crippen molar-refractivity contribution in [3.8, 4) is 5.88 Å². The summed E-state index contributed by atoms with van der Waals surface area (Å²) in [5.74, 6) is -0.685. The lowest BCUT2D eigenvalue weighted by Crippen LogP contribution is -2.32. The van der Waals surface area contributed by atoms with Gasteiger partial charge in [-0.1, -0.05) is 28.1 Å². The third-order valence-corrected chi connectivity index (χ3v) is 4.86. The Kier molecular flexibility index (Phi) is 5.38. The number of hydrogen-bond donors (Lipinski definition) is 1. The molecule has 23 heavy (non-hydrogen) atoms. The number of carbonyl (C=O) groups is 1. The fraction of sp³-hybridized carbons (Fsp3) is 0.200. The van der Waals surface area contributed by atoms with Gasteiger partial charge in [-0.05, 0) is 36.2 Å². The Hall–Kier alpha value is -1.93. The molecule has 6 nitrogen and oxygen atoms in total. The third-order valence-electron chi connectivity index (χ3n) is 2.96. The number of rotatable bonds is 5. The maximum Gasteiger partial charge on any atom is 0.269 e. The minimum Gasteiger partial charge on any atom is -0.480 e. The summed E-state index contributed by atoms with van der Waals surface area (Å²) in [6.07, 6.45) is 1.44. The molecule has 0 saturated heterocycles. The number of methoxy groups -OCH3 is 1. The van der Waals surface area contributed by atoms with Gasteiger partial charge in [0, 0.05) is 10.7 Å². The number of pyridine rings is 1. The first-order valence-electron chi connectivity index (χ1n) is 6.62. The predicted octanol–water partition coefficient (Wildman–Crippen LogP) is 2.21. The Morgan fingerprint density at radius 1 is 1.30 bits per heavy atom. The maximum atomic E-state index is 12.4. The molecule has 1 amide bonds.